The van der Waals surface area contributed by atoms with Crippen LogP contribution < -0.4 is 22.8 Å². The largest absolute Gasteiger partial charge is 0.455 e. The summed E-state index contributed by atoms with van der Waals surface area (Å²) in [5.41, 5.74) is 18.0. The molecule has 0 radical (unpaired) electrons. The minimum absolute atomic E-state index is 0.121. The SMILES string of the molecule is [2H]c1c(C([2H])(C)C([2H])([2H])[2H])c(C([2H])([2H])[2H])c(C)[n+](C)c1-c1c(C)cc(C)c2c1oc1cccc(C#N)c12.[2H]c1c(C([2H])(C)C([2H])([2H])[2H])c(C([2H])([2H])[2H])c(C)[n+](C)c1-c1c(C)ccc2c1oc1cc(C)cc(C#N)c12.[2H]c1c(C([2H])(C)C([2H])([2H])[2H])c(C([2H])([2H])[2H])c(C)[n+](C)c1-c1c(C)ccc2c1oc1ccc(C)c(C#N)c12.[2H]c1c(C([2H])([2H])C(C)C)c(C([2H])([2H])[2H])c(C)[n+](C)c1-c1c(C)ccc2c1oc1c(C)ccc(C#N)c12.[2H]c1c(C([2H])([2H])C(C)C)c(C([2H])([2H])[2H])c(C)[n+](C)c1-c1c(C)ccc2c1oc1cc(C)cc(C#N)c12. The Morgan fingerprint density at radius 3 is 1.01 bits per heavy atom. The Bertz CT molecular complexity index is 10800. The Morgan fingerprint density at radius 2 is 0.633 bits per heavy atom. The molecule has 147 heavy (non-hydrogen) atoms. The third-order valence-electron chi connectivity index (χ3n) is 28.0. The number of nitrogens with zero attached hydrogens (tertiary/aromatic N) is 10. The number of aryl methyl sites for hydroxylation is 10. The van der Waals surface area contributed by atoms with Gasteiger partial charge in [0, 0.05) is 189 Å². The van der Waals surface area contributed by atoms with Crippen LogP contribution in [0.1, 0.15) is 304 Å². The highest BCUT2D eigenvalue weighted by Gasteiger charge is 2.35. The lowest BCUT2D eigenvalue weighted by Crippen LogP contribution is -2.36. The maximum Gasteiger partial charge on any atom is 0.216 e. The molecule has 20 aromatic rings. The highest BCUT2D eigenvalue weighted by molar-refractivity contribution is 6.17. The molecule has 20 rings (SSSR count). The van der Waals surface area contributed by atoms with Crippen LogP contribution in [0.25, 0.3) is 166 Å². The van der Waals surface area contributed by atoms with Crippen molar-refractivity contribution >= 4 is 110 Å². The number of hydrogen-bond acceptors (Lipinski definition) is 10. The number of nitriles is 5. The highest BCUT2D eigenvalue weighted by Crippen LogP contribution is 2.48. The molecule has 0 aliphatic heterocycles. The zero-order valence-corrected chi connectivity index (χ0v) is 87.7. The first-order valence-electron chi connectivity index (χ1n) is 66.1. The van der Waals surface area contributed by atoms with Crippen LogP contribution in [0, 0.1) is 207 Å². The number of aromatic nitrogens is 5. The Hall–Kier alpha value is -15.6. The Balaban J connectivity index is 0.000000158. The van der Waals surface area contributed by atoms with Gasteiger partial charge in [0.15, 0.2) is 28.5 Å². The zero-order valence-electron chi connectivity index (χ0n) is 124. The van der Waals surface area contributed by atoms with Crippen molar-refractivity contribution in [1.29, 1.82) is 26.3 Å². The molecule has 0 spiro atoms. The maximum absolute atomic E-state index is 9.82. The molecular formula is C132H139N10O5+5. The van der Waals surface area contributed by atoms with E-state index in [2.05, 4.69) is 30.3 Å². The van der Waals surface area contributed by atoms with Crippen molar-refractivity contribution in [2.24, 2.45) is 47.1 Å². The molecule has 0 saturated carbocycles. The molecule has 3 unspecified atom stereocenters. The second-order valence-corrected chi connectivity index (χ2v) is 38.8. The molecule has 15 heteroatoms. The van der Waals surface area contributed by atoms with Crippen LogP contribution in [0.5, 0.6) is 0 Å². The van der Waals surface area contributed by atoms with Crippen molar-refractivity contribution in [1.82, 2.24) is 0 Å². The first-order chi connectivity index (χ1) is 84.1. The van der Waals surface area contributed by atoms with Crippen LogP contribution in [0.3, 0.4) is 0 Å². The summed E-state index contributed by atoms with van der Waals surface area (Å²) in [6.07, 6.45) is -4.12. The smallest absolute Gasteiger partial charge is 0.216 e. The lowest BCUT2D eigenvalue weighted by Gasteiger charge is -2.15. The average Bonchev–Trinajstić information content (AvgIpc) is 1.67. The van der Waals surface area contributed by atoms with Gasteiger partial charge in [0.1, 0.15) is 97.1 Å². The number of hydrogen-bond donors (Lipinski definition) is 0. The molecule has 0 amide bonds. The number of benzene rings is 10. The Labute approximate surface area is 917 Å². The summed E-state index contributed by atoms with van der Waals surface area (Å²) in [6.45, 7) is 14.5. The van der Waals surface area contributed by atoms with Crippen LogP contribution >= 0.6 is 0 Å². The van der Waals surface area contributed by atoms with E-state index in [1.165, 1.54) is 0 Å². The van der Waals surface area contributed by atoms with Crippen LogP contribution in [0.2, 0.25) is 0 Å². The van der Waals surface area contributed by atoms with E-state index in [0.29, 0.717) is 194 Å². The van der Waals surface area contributed by atoms with Crippen molar-refractivity contribution in [3.05, 3.63) is 319 Å². The van der Waals surface area contributed by atoms with Crippen molar-refractivity contribution in [2.45, 2.75) is 238 Å². The summed E-state index contributed by atoms with van der Waals surface area (Å²) in [5.74, 6) is -8.25. The summed E-state index contributed by atoms with van der Waals surface area (Å²) in [5, 5.41) is 55.5. The molecule has 10 aromatic heterocycles. The molecule has 742 valence electrons. The summed E-state index contributed by atoms with van der Waals surface area (Å²) in [4.78, 5) is 0. The minimum Gasteiger partial charge on any atom is -0.455 e. The van der Waals surface area contributed by atoms with E-state index >= 15 is 0 Å². The number of pyridine rings is 5. The summed E-state index contributed by atoms with van der Waals surface area (Å²) in [6, 6.07) is 46.0. The van der Waals surface area contributed by atoms with Gasteiger partial charge >= 0.3 is 0 Å². The predicted octanol–water partition coefficient (Wildman–Crippen LogP) is 31.7. The number of rotatable bonds is 12. The second kappa shape index (κ2) is 40.8. The molecule has 10 heterocycles. The number of furan rings is 5. The van der Waals surface area contributed by atoms with Gasteiger partial charge in [0.25, 0.3) is 0 Å². The van der Waals surface area contributed by atoms with Crippen molar-refractivity contribution in [3.8, 4) is 86.6 Å². The first-order valence-corrected chi connectivity index (χ1v) is 48.1. The van der Waals surface area contributed by atoms with E-state index < -0.39 is 97.1 Å². The molecule has 10 aromatic carbocycles. The molecule has 0 saturated heterocycles. The molecule has 0 N–H and O–H groups in total. The van der Waals surface area contributed by atoms with E-state index in [9.17, 15) is 30.4 Å². The van der Waals surface area contributed by atoms with E-state index in [-0.39, 0.29) is 120 Å². The minimum atomic E-state index is -2.90. The van der Waals surface area contributed by atoms with Crippen molar-refractivity contribution < 1.29 is 94.3 Å². The van der Waals surface area contributed by atoms with Gasteiger partial charge in [-0.2, -0.15) is 49.1 Å². The predicted molar refractivity (Wildman–Crippen MR) is 599 cm³/mol. The summed E-state index contributed by atoms with van der Waals surface area (Å²) >= 11 is 0. The quantitative estimate of drug-likeness (QED) is 0.106. The van der Waals surface area contributed by atoms with Crippen LogP contribution in [0.4, 0.5) is 0 Å². The van der Waals surface area contributed by atoms with E-state index in [4.69, 9.17) is 67.3 Å². The van der Waals surface area contributed by atoms with Gasteiger partial charge in [-0.15, -0.1) is 0 Å². The number of fused-ring (bicyclic) bond motifs is 15. The molecule has 0 fully saturated rings. The maximum atomic E-state index is 9.82. The van der Waals surface area contributed by atoms with Crippen LogP contribution in [-0.4, -0.2) is 0 Å². The molecule has 0 aliphatic rings. The monoisotopic (exact) mass is 1980 g/mol. The third-order valence-corrected chi connectivity index (χ3v) is 28.0. The topological polar surface area (TPSA) is 204 Å². The van der Waals surface area contributed by atoms with Gasteiger partial charge in [0.05, 0.1) is 86.8 Å². The van der Waals surface area contributed by atoms with E-state index in [1.807, 2.05) is 142 Å². The molecule has 0 bridgehead atoms. The van der Waals surface area contributed by atoms with Gasteiger partial charge < -0.3 is 22.1 Å². The fraction of sp³-hybridized carbons (Fsp3) is 0.318. The fourth-order valence-corrected chi connectivity index (χ4v) is 19.7. The summed E-state index contributed by atoms with van der Waals surface area (Å²) in [7, 11) is 8.24. The standard InChI is InChI=1S/2C27H29N2O.3C26H27N2O/c1-15(2)12-21-13-23(29(7)19(6)18(21)5)24-16(3)9-11-22-25-20(14-28)10-8-17(4)26(25)30-27(22)24;1-15(2)10-20-13-23(29(7)19(6)18(20)5)25-17(4)8-9-22-26-21(14-28)11-16(3)12-24(26)30-27(22)25;1-14(2)20-12-22(28(7)18(6)17(20)5)24-16(4)8-10-19-25-21(13-27)15(3)9-11-23(25)29-26(19)24;1-14(2)21-12-22(28(7)18(6)17(21)5)24-16(4)8-9-20-25-19(13-27)10-15(3)11-23(25)29-26(20)24;1-14(2)20-12-21(28(7)18(6)17(20)5)23-15(3)11-16(4)24-25-19(13-27)9-8-10-22(25)29-26(23)24/h8-11,13,15H,12H2,1-7H3;8-9,11-13,15H,10H2,1-7H3;3*8-12,14H,1-7H3/q5*+1/i5D3,12D2,13D;5D3,10D2,13D;3*1D3,5D3,12D,14D. The molecule has 3 atom stereocenters. The Morgan fingerprint density at radius 1 is 0.299 bits per heavy atom. The van der Waals surface area contributed by atoms with Gasteiger partial charge in [-0.3, -0.25) is 0 Å². The molecule has 0 aliphatic carbocycles. The van der Waals surface area contributed by atoms with Gasteiger partial charge in [-0.05, 0) is 278 Å². The van der Waals surface area contributed by atoms with Crippen molar-refractivity contribution in [3.63, 3.8) is 0 Å². The van der Waals surface area contributed by atoms with E-state index in [1.54, 1.807) is 169 Å². The lowest BCUT2D eigenvalue weighted by molar-refractivity contribution is -0.667. The van der Waals surface area contributed by atoms with Gasteiger partial charge in [-0.1, -0.05) is 142 Å². The lowest BCUT2D eigenvalue weighted by atomic mass is 9.91. The molecule has 15 nitrogen and oxygen atoms in total. The fourth-order valence-electron chi connectivity index (χ4n) is 19.7. The normalized spacial score (nSPS) is 17.2. The zero-order chi connectivity index (χ0) is 137. The van der Waals surface area contributed by atoms with E-state index in [0.717, 1.165) is 70.7 Å². The highest BCUT2D eigenvalue weighted by atomic mass is 16.3. The average molecular weight is 1980 g/mol. The van der Waals surface area contributed by atoms with Crippen LogP contribution in [-0.2, 0) is 48.0 Å². The Kier molecular flexibility index (Phi) is 18.6. The first kappa shape index (κ1) is 67.2. The van der Waals surface area contributed by atoms with Gasteiger partial charge in [-0.25, -0.2) is 0 Å². The summed E-state index contributed by atoms with van der Waals surface area (Å²) < 4.78 is 341. The second-order valence-electron chi connectivity index (χ2n) is 38.8. The van der Waals surface area contributed by atoms with Crippen molar-refractivity contribution in [2.75, 3.05) is 0 Å². The molecular weight excluding hydrogens is 1810 g/mol. The third kappa shape index (κ3) is 18.3. The van der Waals surface area contributed by atoms with Gasteiger partial charge in [0.2, 0.25) is 28.5 Å². The van der Waals surface area contributed by atoms with Crippen LogP contribution in [0.15, 0.2) is 174 Å².